The van der Waals surface area contributed by atoms with E-state index in [1.54, 1.807) is 16.8 Å². The van der Waals surface area contributed by atoms with Crippen LogP contribution < -0.4 is 5.32 Å². The summed E-state index contributed by atoms with van der Waals surface area (Å²) in [5.41, 5.74) is 3.60. The monoisotopic (exact) mass is 369 g/mol. The van der Waals surface area contributed by atoms with Gasteiger partial charge in [-0.3, -0.25) is 9.78 Å². The average molecular weight is 369 g/mol. The van der Waals surface area contributed by atoms with Crippen molar-refractivity contribution in [3.63, 3.8) is 0 Å². The van der Waals surface area contributed by atoms with Gasteiger partial charge >= 0.3 is 0 Å². The van der Waals surface area contributed by atoms with Crippen LogP contribution in [-0.4, -0.2) is 15.5 Å². The third-order valence-corrected chi connectivity index (χ3v) is 4.88. The lowest BCUT2D eigenvalue weighted by molar-refractivity contribution is 0.0940. The molecule has 3 rings (SSSR count). The number of carbonyl (C=O) groups is 1. The molecule has 3 aromatic rings. The van der Waals surface area contributed by atoms with Crippen LogP contribution in [0.15, 0.2) is 42.6 Å². The number of carbonyl (C=O) groups excluding carboxylic acids is 1. The number of nitrogens with zero attached hydrogens (tertiary/aromatic N) is 2. The molecule has 1 amide bonds. The first-order chi connectivity index (χ1) is 12.9. The standard InChI is InChI=1S/C21H21F2N3O/c1-13-14(2)20(21(27)25-11-16-7-4-5-10-24-16)26(15(13)3)12-17-18(22)8-6-9-19(17)23/h4-10H,11-12H2,1-3H3,(H,25,27). The molecule has 0 radical (unpaired) electrons. The molecule has 0 aliphatic carbocycles. The number of rotatable bonds is 5. The lowest BCUT2D eigenvalue weighted by Gasteiger charge is -2.14. The SMILES string of the molecule is Cc1c(C)c(C(=O)NCc2ccccn2)n(Cc2c(F)cccc2F)c1C. The van der Waals surface area contributed by atoms with Crippen LogP contribution in [0.3, 0.4) is 0 Å². The first-order valence-corrected chi connectivity index (χ1v) is 8.67. The van der Waals surface area contributed by atoms with Crippen LogP contribution in [0.1, 0.15) is 38.6 Å². The summed E-state index contributed by atoms with van der Waals surface area (Å²) < 4.78 is 29.9. The Morgan fingerprint density at radius 1 is 1.04 bits per heavy atom. The summed E-state index contributed by atoms with van der Waals surface area (Å²) in [6.45, 7) is 5.80. The van der Waals surface area contributed by atoms with Crippen LogP contribution in [0.2, 0.25) is 0 Å². The molecule has 0 fully saturated rings. The van der Waals surface area contributed by atoms with Crippen molar-refractivity contribution < 1.29 is 13.6 Å². The summed E-state index contributed by atoms with van der Waals surface area (Å²) in [6.07, 6.45) is 1.66. The van der Waals surface area contributed by atoms with E-state index >= 15 is 0 Å². The minimum absolute atomic E-state index is 0.0502. The maximum Gasteiger partial charge on any atom is 0.268 e. The molecular formula is C21H21F2N3O. The summed E-state index contributed by atoms with van der Waals surface area (Å²) in [5.74, 6) is -1.55. The fourth-order valence-electron chi connectivity index (χ4n) is 3.11. The summed E-state index contributed by atoms with van der Waals surface area (Å²) in [4.78, 5) is 17.0. The van der Waals surface area contributed by atoms with Crippen LogP contribution in [0.25, 0.3) is 0 Å². The third-order valence-electron chi connectivity index (χ3n) is 4.88. The minimum Gasteiger partial charge on any atom is -0.345 e. The van der Waals surface area contributed by atoms with Gasteiger partial charge in [0.15, 0.2) is 0 Å². The van der Waals surface area contributed by atoms with E-state index in [-0.39, 0.29) is 24.6 Å². The zero-order valence-corrected chi connectivity index (χ0v) is 15.5. The Morgan fingerprint density at radius 2 is 1.74 bits per heavy atom. The molecule has 0 unspecified atom stereocenters. The zero-order chi connectivity index (χ0) is 19.6. The van der Waals surface area contributed by atoms with E-state index < -0.39 is 11.6 Å². The Hall–Kier alpha value is -3.02. The summed E-state index contributed by atoms with van der Waals surface area (Å²) in [6, 6.07) is 9.23. The Morgan fingerprint density at radius 3 is 2.37 bits per heavy atom. The largest absolute Gasteiger partial charge is 0.345 e. The number of halogens is 2. The minimum atomic E-state index is -0.627. The van der Waals surface area contributed by atoms with Crippen molar-refractivity contribution in [3.05, 3.63) is 88.0 Å². The molecule has 0 saturated carbocycles. The molecule has 0 aliphatic rings. The second-order valence-corrected chi connectivity index (χ2v) is 6.47. The maximum atomic E-state index is 14.1. The number of benzene rings is 1. The Balaban J connectivity index is 1.93. The highest BCUT2D eigenvalue weighted by atomic mass is 19.1. The van der Waals surface area contributed by atoms with Gasteiger partial charge in [0.1, 0.15) is 17.3 Å². The Labute approximate surface area is 156 Å². The van der Waals surface area contributed by atoms with Gasteiger partial charge in [0.05, 0.1) is 18.8 Å². The first-order valence-electron chi connectivity index (χ1n) is 8.67. The highest BCUT2D eigenvalue weighted by Gasteiger charge is 2.22. The Bertz CT molecular complexity index is 961. The lowest BCUT2D eigenvalue weighted by atomic mass is 10.1. The smallest absolute Gasteiger partial charge is 0.268 e. The molecule has 0 saturated heterocycles. The summed E-state index contributed by atoms with van der Waals surface area (Å²) >= 11 is 0. The topological polar surface area (TPSA) is 46.9 Å². The van der Waals surface area contributed by atoms with E-state index in [1.165, 1.54) is 18.2 Å². The molecule has 27 heavy (non-hydrogen) atoms. The van der Waals surface area contributed by atoms with Crippen molar-refractivity contribution in [2.75, 3.05) is 0 Å². The van der Waals surface area contributed by atoms with Gasteiger partial charge in [0.25, 0.3) is 5.91 Å². The van der Waals surface area contributed by atoms with Crippen LogP contribution in [0.5, 0.6) is 0 Å². The van der Waals surface area contributed by atoms with Crippen LogP contribution in [0.4, 0.5) is 8.78 Å². The van der Waals surface area contributed by atoms with Crippen molar-refractivity contribution >= 4 is 5.91 Å². The molecule has 1 aromatic carbocycles. The molecular weight excluding hydrogens is 348 g/mol. The normalized spacial score (nSPS) is 10.9. The fraction of sp³-hybridized carbons (Fsp3) is 0.238. The summed E-state index contributed by atoms with van der Waals surface area (Å²) in [7, 11) is 0. The molecule has 0 spiro atoms. The lowest BCUT2D eigenvalue weighted by Crippen LogP contribution is -2.27. The van der Waals surface area contributed by atoms with Gasteiger partial charge < -0.3 is 9.88 Å². The van der Waals surface area contributed by atoms with Crippen molar-refractivity contribution in [2.45, 2.75) is 33.9 Å². The highest BCUT2D eigenvalue weighted by molar-refractivity contribution is 5.94. The van der Waals surface area contributed by atoms with Crippen molar-refractivity contribution in [1.82, 2.24) is 14.9 Å². The molecule has 140 valence electrons. The van der Waals surface area contributed by atoms with Gasteiger partial charge in [-0.05, 0) is 56.2 Å². The average Bonchev–Trinajstić information content (AvgIpc) is 2.87. The third kappa shape index (κ3) is 3.74. The second kappa shape index (κ2) is 7.70. The predicted octanol–water partition coefficient (Wildman–Crippen LogP) is 4.06. The van der Waals surface area contributed by atoms with Crippen LogP contribution in [0, 0.1) is 32.4 Å². The molecule has 2 heterocycles. The highest BCUT2D eigenvalue weighted by Crippen LogP contribution is 2.24. The fourth-order valence-corrected chi connectivity index (χ4v) is 3.11. The number of hydrogen-bond acceptors (Lipinski definition) is 2. The van der Waals surface area contributed by atoms with E-state index in [0.717, 1.165) is 22.5 Å². The van der Waals surface area contributed by atoms with Gasteiger partial charge in [-0.2, -0.15) is 0 Å². The quantitative estimate of drug-likeness (QED) is 0.737. The van der Waals surface area contributed by atoms with Crippen LogP contribution in [-0.2, 0) is 13.1 Å². The van der Waals surface area contributed by atoms with Gasteiger partial charge in [0, 0.05) is 17.5 Å². The molecule has 0 bridgehead atoms. The molecule has 1 N–H and O–H groups in total. The number of aromatic nitrogens is 2. The van der Waals surface area contributed by atoms with E-state index in [9.17, 15) is 13.6 Å². The van der Waals surface area contributed by atoms with E-state index in [1.807, 2.05) is 32.9 Å². The van der Waals surface area contributed by atoms with Crippen LogP contribution >= 0.6 is 0 Å². The number of pyridine rings is 1. The second-order valence-electron chi connectivity index (χ2n) is 6.47. The molecule has 0 atom stereocenters. The number of amides is 1. The van der Waals surface area contributed by atoms with E-state index in [4.69, 9.17) is 0 Å². The molecule has 6 heteroatoms. The van der Waals surface area contributed by atoms with Crippen molar-refractivity contribution in [2.24, 2.45) is 0 Å². The van der Waals surface area contributed by atoms with Gasteiger partial charge in [-0.1, -0.05) is 12.1 Å². The number of hydrogen-bond donors (Lipinski definition) is 1. The van der Waals surface area contributed by atoms with Gasteiger partial charge in [0.2, 0.25) is 0 Å². The van der Waals surface area contributed by atoms with Gasteiger partial charge in [-0.25, -0.2) is 8.78 Å². The van der Waals surface area contributed by atoms with E-state index in [0.29, 0.717) is 5.69 Å². The Kier molecular flexibility index (Phi) is 5.35. The van der Waals surface area contributed by atoms with Gasteiger partial charge in [-0.15, -0.1) is 0 Å². The van der Waals surface area contributed by atoms with E-state index in [2.05, 4.69) is 10.3 Å². The van der Waals surface area contributed by atoms with Crippen molar-refractivity contribution in [1.29, 1.82) is 0 Å². The predicted molar refractivity (Wildman–Crippen MR) is 99.5 cm³/mol. The van der Waals surface area contributed by atoms with Crippen molar-refractivity contribution in [3.8, 4) is 0 Å². The molecule has 2 aromatic heterocycles. The first kappa shape index (κ1) is 18.8. The zero-order valence-electron chi connectivity index (χ0n) is 15.5. The maximum absolute atomic E-state index is 14.1. The molecule has 4 nitrogen and oxygen atoms in total. The molecule has 0 aliphatic heterocycles. The summed E-state index contributed by atoms with van der Waals surface area (Å²) in [5, 5.41) is 2.84. The number of nitrogens with one attached hydrogen (secondary N) is 1.